The van der Waals surface area contributed by atoms with Gasteiger partial charge in [0, 0.05) is 36.9 Å². The molecule has 4 N–H and O–H groups in total. The number of nitrogens with two attached hydrogens (primary N) is 1. The van der Waals surface area contributed by atoms with Gasteiger partial charge in [-0.25, -0.2) is 9.59 Å². The van der Waals surface area contributed by atoms with Crippen molar-refractivity contribution in [2.24, 2.45) is 5.73 Å². The molecule has 2 amide bonds. The van der Waals surface area contributed by atoms with Gasteiger partial charge in [-0.05, 0) is 90.5 Å². The Morgan fingerprint density at radius 3 is 1.90 bits per heavy atom. The fraction of sp³-hybridized carbons (Fsp3) is 0.387. The molecule has 0 radical (unpaired) electrons. The van der Waals surface area contributed by atoms with E-state index in [1.54, 1.807) is 36.9 Å². The third-order valence-electron chi connectivity index (χ3n) is 7.35. The van der Waals surface area contributed by atoms with E-state index < -0.39 is 24.0 Å². The van der Waals surface area contributed by atoms with Crippen LogP contribution in [0, 0.1) is 0 Å². The summed E-state index contributed by atoms with van der Waals surface area (Å²) < 4.78 is 9.38. The van der Waals surface area contributed by atoms with Gasteiger partial charge in [-0.2, -0.15) is 0 Å². The molecule has 42 heavy (non-hydrogen) atoms. The quantitative estimate of drug-likeness (QED) is 0.335. The van der Waals surface area contributed by atoms with E-state index >= 15 is 0 Å². The third kappa shape index (κ3) is 8.50. The van der Waals surface area contributed by atoms with Crippen molar-refractivity contribution in [1.29, 1.82) is 0 Å². The molecule has 0 aliphatic heterocycles. The van der Waals surface area contributed by atoms with E-state index in [4.69, 9.17) is 10.5 Å². The van der Waals surface area contributed by atoms with Crippen molar-refractivity contribution in [3.8, 4) is 0 Å². The van der Waals surface area contributed by atoms with Crippen molar-refractivity contribution in [3.05, 3.63) is 88.5 Å². The highest BCUT2D eigenvalue weighted by Crippen LogP contribution is 2.38. The molecule has 2 atom stereocenters. The maximum atomic E-state index is 12.8. The summed E-state index contributed by atoms with van der Waals surface area (Å²) in [5.74, 6) is -0.869. The fourth-order valence-corrected chi connectivity index (χ4v) is 5.37. The van der Waals surface area contributed by atoms with Crippen molar-refractivity contribution in [2.75, 3.05) is 19.5 Å². The zero-order valence-corrected chi connectivity index (χ0v) is 24.7. The zero-order valence-electron chi connectivity index (χ0n) is 23.9. The lowest BCUT2D eigenvalue weighted by molar-refractivity contribution is -0.143. The first-order valence-electron chi connectivity index (χ1n) is 13.8. The number of hydrogen-bond acceptors (Lipinski definition) is 8. The summed E-state index contributed by atoms with van der Waals surface area (Å²) in [7, 11) is 2.65. The molecule has 0 saturated carbocycles. The predicted molar refractivity (Wildman–Crippen MR) is 162 cm³/mol. The largest absolute Gasteiger partial charge is 0.468 e. The predicted octanol–water partition coefficient (Wildman–Crippen LogP) is 3.51. The van der Waals surface area contributed by atoms with Gasteiger partial charge in [0.25, 0.3) is 0 Å². The van der Waals surface area contributed by atoms with Crippen LogP contribution in [0.15, 0.2) is 55.1 Å². The van der Waals surface area contributed by atoms with E-state index in [1.807, 2.05) is 12.1 Å². The highest BCUT2D eigenvalue weighted by molar-refractivity contribution is 5.94. The first-order valence-corrected chi connectivity index (χ1v) is 13.8. The normalized spacial score (nSPS) is 14.1. The summed E-state index contributed by atoms with van der Waals surface area (Å²) in [6.45, 7) is 0. The number of esters is 2. The van der Waals surface area contributed by atoms with E-state index in [0.29, 0.717) is 12.8 Å². The van der Waals surface area contributed by atoms with E-state index in [2.05, 4.69) is 31.4 Å². The summed E-state index contributed by atoms with van der Waals surface area (Å²) in [6.07, 6.45) is 13.9. The lowest BCUT2D eigenvalue weighted by Gasteiger charge is -2.20. The van der Waals surface area contributed by atoms with Crippen LogP contribution in [0.1, 0.15) is 46.2 Å². The van der Waals surface area contributed by atoms with E-state index in [9.17, 15) is 14.4 Å². The van der Waals surface area contributed by atoms with Crippen molar-refractivity contribution in [1.82, 2.24) is 15.3 Å². The Hall–Kier alpha value is -4.02. The minimum atomic E-state index is -0.765. The molecular formula is C31H38ClN5O5. The number of ether oxygens (including phenoxy) is 2. The summed E-state index contributed by atoms with van der Waals surface area (Å²) >= 11 is 0. The lowest BCUT2D eigenvalue weighted by atomic mass is 9.99. The Labute approximate surface area is 252 Å². The van der Waals surface area contributed by atoms with Crippen molar-refractivity contribution in [2.45, 2.75) is 63.5 Å². The number of anilines is 1. The summed E-state index contributed by atoms with van der Waals surface area (Å²) in [4.78, 5) is 43.9. The minimum absolute atomic E-state index is 0. The maximum Gasteiger partial charge on any atom is 0.328 e. The van der Waals surface area contributed by atoms with Crippen molar-refractivity contribution < 1.29 is 23.9 Å². The van der Waals surface area contributed by atoms with Gasteiger partial charge in [0.05, 0.1) is 14.2 Å². The van der Waals surface area contributed by atoms with E-state index in [1.165, 1.54) is 36.5 Å². The van der Waals surface area contributed by atoms with E-state index in [-0.39, 0.29) is 18.4 Å². The zero-order chi connectivity index (χ0) is 29.2. The standard InChI is InChI=1S/C22H25N3O3.C9H12N2O2.ClH/c1-28-21(26)19(11-14-5-4-10-23-13-14)24-22(27)25-20-17-8-2-6-15(17)12-16-7-3-9-18(16)20;1-13-9(12)8(10)5-7-3-2-4-11-6-7;/h4-5,10,12-13,19H,2-3,6-9,11H2,1H3,(H2,24,25,27);2-4,6,8H,5,10H2,1H3;1H/t19-;8-;/m11./s1. The molecular weight excluding hydrogens is 558 g/mol. The Bertz CT molecular complexity index is 1320. The van der Waals surface area contributed by atoms with Gasteiger partial charge in [0.15, 0.2) is 0 Å². The molecule has 2 heterocycles. The van der Waals surface area contributed by atoms with E-state index in [0.717, 1.165) is 55.3 Å². The van der Waals surface area contributed by atoms with Crippen LogP contribution in [-0.2, 0) is 57.6 Å². The van der Waals surface area contributed by atoms with Gasteiger partial charge in [-0.1, -0.05) is 18.2 Å². The van der Waals surface area contributed by atoms with Gasteiger partial charge in [-0.3, -0.25) is 14.8 Å². The highest BCUT2D eigenvalue weighted by atomic mass is 35.5. The monoisotopic (exact) mass is 595 g/mol. The van der Waals surface area contributed by atoms with Crippen LogP contribution in [0.3, 0.4) is 0 Å². The number of nitrogens with zero attached hydrogens (tertiary/aromatic N) is 2. The molecule has 5 rings (SSSR count). The summed E-state index contributed by atoms with van der Waals surface area (Å²) in [5.41, 5.74) is 13.6. The third-order valence-corrected chi connectivity index (χ3v) is 7.35. The number of methoxy groups -OCH3 is 2. The number of aryl methyl sites for hydroxylation is 2. The number of fused-ring (bicyclic) bond motifs is 2. The maximum absolute atomic E-state index is 12.8. The molecule has 2 aromatic heterocycles. The number of amides is 2. The summed E-state index contributed by atoms with van der Waals surface area (Å²) in [6, 6.07) is 7.95. The van der Waals surface area contributed by atoms with Crippen molar-refractivity contribution >= 4 is 36.1 Å². The van der Waals surface area contributed by atoms with Crippen LogP contribution in [-0.4, -0.2) is 54.2 Å². The molecule has 0 unspecified atom stereocenters. The van der Waals surface area contributed by atoms with Gasteiger partial charge >= 0.3 is 18.0 Å². The molecule has 0 bridgehead atoms. The molecule has 10 nitrogen and oxygen atoms in total. The van der Waals surface area contributed by atoms with Crippen LogP contribution in [0.5, 0.6) is 0 Å². The topological polar surface area (TPSA) is 146 Å². The Balaban J connectivity index is 0.000000293. The molecule has 224 valence electrons. The van der Waals surface area contributed by atoms with Crippen molar-refractivity contribution in [3.63, 3.8) is 0 Å². The first kappa shape index (κ1) is 32.5. The number of halogens is 1. The smallest absolute Gasteiger partial charge is 0.328 e. The minimum Gasteiger partial charge on any atom is -0.468 e. The number of aromatic nitrogens is 2. The second-order valence-electron chi connectivity index (χ2n) is 10.2. The van der Waals surface area contributed by atoms with Gasteiger partial charge in [0.2, 0.25) is 0 Å². The lowest BCUT2D eigenvalue weighted by Crippen LogP contribution is -2.45. The second kappa shape index (κ2) is 15.8. The molecule has 3 aromatic rings. The molecule has 0 fully saturated rings. The Kier molecular flexibility index (Phi) is 12.3. The number of benzene rings is 1. The molecule has 2 aliphatic carbocycles. The SMILES string of the molecule is COC(=O)[C@@H](Cc1cccnc1)NC(=O)Nc1c2c(cc3c1CCC3)CCC2.COC(=O)[C@H](N)Cc1cccnc1.Cl. The number of rotatable bonds is 8. The fourth-order valence-electron chi connectivity index (χ4n) is 5.37. The van der Waals surface area contributed by atoms with Gasteiger partial charge in [-0.15, -0.1) is 12.4 Å². The average molecular weight is 596 g/mol. The van der Waals surface area contributed by atoms with Crippen LogP contribution in [0.2, 0.25) is 0 Å². The Morgan fingerprint density at radius 2 is 1.40 bits per heavy atom. The van der Waals surface area contributed by atoms with Crippen LogP contribution in [0.4, 0.5) is 10.5 Å². The number of carbonyl (C=O) groups is 3. The number of hydrogen-bond donors (Lipinski definition) is 3. The Morgan fingerprint density at radius 1 is 0.857 bits per heavy atom. The molecule has 0 spiro atoms. The first-order chi connectivity index (χ1) is 19.9. The average Bonchev–Trinajstić information content (AvgIpc) is 3.67. The molecule has 2 aliphatic rings. The van der Waals surface area contributed by atoms with Crippen LogP contribution >= 0.6 is 12.4 Å². The number of nitrogens with one attached hydrogen (secondary N) is 2. The molecule has 0 saturated heterocycles. The summed E-state index contributed by atoms with van der Waals surface area (Å²) in [5, 5.41) is 5.86. The molecule has 11 heteroatoms. The number of pyridine rings is 2. The second-order valence-corrected chi connectivity index (χ2v) is 10.2. The van der Waals surface area contributed by atoms with Gasteiger partial charge in [0.1, 0.15) is 12.1 Å². The van der Waals surface area contributed by atoms with Crippen LogP contribution < -0.4 is 16.4 Å². The van der Waals surface area contributed by atoms with Gasteiger partial charge < -0.3 is 25.8 Å². The highest BCUT2D eigenvalue weighted by Gasteiger charge is 2.27. The molecule has 1 aromatic carbocycles. The number of urea groups is 1. The number of carbonyl (C=O) groups excluding carboxylic acids is 3. The van der Waals surface area contributed by atoms with Crippen LogP contribution in [0.25, 0.3) is 0 Å².